The minimum Gasteiger partial charge on any atom is -0.493 e. The molecule has 0 unspecified atom stereocenters. The van der Waals surface area contributed by atoms with E-state index in [1.54, 1.807) is 14.2 Å². The summed E-state index contributed by atoms with van der Waals surface area (Å²) >= 11 is 0. The summed E-state index contributed by atoms with van der Waals surface area (Å²) < 4.78 is 10.9. The Morgan fingerprint density at radius 1 is 1.23 bits per heavy atom. The van der Waals surface area contributed by atoms with Crippen molar-refractivity contribution < 1.29 is 9.47 Å². The van der Waals surface area contributed by atoms with Gasteiger partial charge in [-0.3, -0.25) is 9.89 Å². The Hall–Kier alpha value is -1.95. The van der Waals surface area contributed by atoms with E-state index in [1.807, 2.05) is 7.05 Å². The van der Waals surface area contributed by atoms with E-state index in [0.717, 1.165) is 62.6 Å². The van der Waals surface area contributed by atoms with Crippen LogP contribution in [-0.2, 0) is 13.0 Å². The normalized spacial score (nSPS) is 17.3. The van der Waals surface area contributed by atoms with Gasteiger partial charge in [-0.05, 0) is 49.1 Å². The molecule has 6 nitrogen and oxygen atoms in total. The van der Waals surface area contributed by atoms with E-state index < -0.39 is 0 Å². The Morgan fingerprint density at radius 3 is 2.50 bits per heavy atom. The van der Waals surface area contributed by atoms with Crippen molar-refractivity contribution in [3.8, 4) is 11.5 Å². The molecule has 0 spiro atoms. The first-order chi connectivity index (χ1) is 12.7. The van der Waals surface area contributed by atoms with Crippen LogP contribution in [0, 0.1) is 0 Å². The number of ether oxygens (including phenoxy) is 2. The van der Waals surface area contributed by atoms with Crippen LogP contribution >= 0.6 is 0 Å². The minimum absolute atomic E-state index is 0.791. The minimum atomic E-state index is 0.791. The largest absolute Gasteiger partial charge is 0.493 e. The smallest absolute Gasteiger partial charge is 0.194 e. The number of nitrogens with zero attached hydrogens (tertiary/aromatic N) is 3. The standard InChI is InChI=1S/C20H32N4O2/c1-5-23(17-6-7-17)11-9-22-20(21-2)24-10-8-15-12-18(25-3)19(26-4)13-16(15)14-24/h12-13,17H,5-11,14H2,1-4H3,(H,21,22). The average molecular weight is 361 g/mol. The zero-order valence-corrected chi connectivity index (χ0v) is 16.5. The second-order valence-corrected chi connectivity index (χ2v) is 6.98. The number of nitrogens with one attached hydrogen (secondary N) is 1. The van der Waals surface area contributed by atoms with Gasteiger partial charge in [0.25, 0.3) is 0 Å². The van der Waals surface area contributed by atoms with Gasteiger partial charge in [-0.1, -0.05) is 6.92 Å². The Kier molecular flexibility index (Phi) is 6.25. The fourth-order valence-corrected chi connectivity index (χ4v) is 3.75. The molecule has 0 bridgehead atoms. The number of aliphatic imine (C=N–C) groups is 1. The van der Waals surface area contributed by atoms with E-state index in [2.05, 4.69) is 39.2 Å². The van der Waals surface area contributed by atoms with Crippen LogP contribution in [0.15, 0.2) is 17.1 Å². The van der Waals surface area contributed by atoms with E-state index in [1.165, 1.54) is 24.0 Å². The van der Waals surface area contributed by atoms with E-state index in [-0.39, 0.29) is 0 Å². The summed E-state index contributed by atoms with van der Waals surface area (Å²) in [5.74, 6) is 2.58. The van der Waals surface area contributed by atoms with Crippen molar-refractivity contribution in [3.05, 3.63) is 23.3 Å². The number of hydrogen-bond acceptors (Lipinski definition) is 4. The van der Waals surface area contributed by atoms with E-state index in [4.69, 9.17) is 9.47 Å². The van der Waals surface area contributed by atoms with Gasteiger partial charge in [0.1, 0.15) is 0 Å². The topological polar surface area (TPSA) is 49.3 Å². The molecule has 1 aromatic rings. The SMILES string of the molecule is CCN(CCNC(=NC)N1CCc2cc(OC)c(OC)cc2C1)C1CC1. The first-order valence-corrected chi connectivity index (χ1v) is 9.63. The van der Waals surface area contributed by atoms with Crippen molar-refractivity contribution in [2.45, 2.75) is 38.8 Å². The molecule has 1 saturated carbocycles. The Bertz CT molecular complexity index is 643. The van der Waals surface area contributed by atoms with Crippen LogP contribution < -0.4 is 14.8 Å². The van der Waals surface area contributed by atoms with Crippen LogP contribution in [0.2, 0.25) is 0 Å². The highest BCUT2D eigenvalue weighted by Gasteiger charge is 2.27. The average Bonchev–Trinajstić information content (AvgIpc) is 3.51. The molecule has 1 aromatic carbocycles. The molecule has 0 amide bonds. The van der Waals surface area contributed by atoms with Gasteiger partial charge in [0.15, 0.2) is 17.5 Å². The lowest BCUT2D eigenvalue weighted by atomic mass is 9.99. The first kappa shape index (κ1) is 18.8. The maximum atomic E-state index is 5.46. The number of likely N-dealkylation sites (N-methyl/N-ethyl adjacent to an activating group) is 1. The van der Waals surface area contributed by atoms with Gasteiger partial charge in [-0.2, -0.15) is 0 Å². The fraction of sp³-hybridized carbons (Fsp3) is 0.650. The second-order valence-electron chi connectivity index (χ2n) is 6.98. The molecule has 6 heteroatoms. The fourth-order valence-electron chi connectivity index (χ4n) is 3.75. The molecule has 1 aliphatic carbocycles. The molecule has 26 heavy (non-hydrogen) atoms. The summed E-state index contributed by atoms with van der Waals surface area (Å²) in [6, 6.07) is 5.02. The van der Waals surface area contributed by atoms with Crippen LogP contribution in [0.4, 0.5) is 0 Å². The molecule has 0 atom stereocenters. The summed E-state index contributed by atoms with van der Waals surface area (Å²) in [6.45, 7) is 7.19. The molecule has 2 aliphatic rings. The molecule has 1 aliphatic heterocycles. The molecule has 0 saturated heterocycles. The monoisotopic (exact) mass is 360 g/mol. The molecular weight excluding hydrogens is 328 g/mol. The van der Waals surface area contributed by atoms with Crippen LogP contribution in [0.25, 0.3) is 0 Å². The van der Waals surface area contributed by atoms with Crippen molar-refractivity contribution >= 4 is 5.96 Å². The van der Waals surface area contributed by atoms with Crippen molar-refractivity contribution in [1.29, 1.82) is 0 Å². The molecule has 1 N–H and O–H groups in total. The summed E-state index contributed by atoms with van der Waals surface area (Å²) in [4.78, 5) is 9.38. The number of rotatable bonds is 7. The lowest BCUT2D eigenvalue weighted by Crippen LogP contribution is -2.46. The van der Waals surface area contributed by atoms with Crippen LogP contribution in [0.3, 0.4) is 0 Å². The van der Waals surface area contributed by atoms with Crippen LogP contribution in [-0.4, -0.2) is 69.2 Å². The van der Waals surface area contributed by atoms with E-state index in [0.29, 0.717) is 0 Å². The number of benzene rings is 1. The van der Waals surface area contributed by atoms with Gasteiger partial charge >= 0.3 is 0 Å². The highest BCUT2D eigenvalue weighted by molar-refractivity contribution is 5.80. The quantitative estimate of drug-likeness (QED) is 0.596. The third-order valence-corrected chi connectivity index (χ3v) is 5.38. The summed E-state index contributed by atoms with van der Waals surface area (Å²) in [6.07, 6.45) is 3.70. The zero-order valence-electron chi connectivity index (χ0n) is 16.5. The molecule has 0 aromatic heterocycles. The number of guanidine groups is 1. The maximum absolute atomic E-state index is 5.46. The Labute approximate surface area is 157 Å². The maximum Gasteiger partial charge on any atom is 0.194 e. The van der Waals surface area contributed by atoms with E-state index in [9.17, 15) is 0 Å². The highest BCUT2D eigenvalue weighted by Crippen LogP contribution is 2.33. The summed E-state index contributed by atoms with van der Waals surface area (Å²) in [5.41, 5.74) is 2.62. The molecule has 3 rings (SSSR count). The molecule has 1 fully saturated rings. The lowest BCUT2D eigenvalue weighted by Gasteiger charge is -2.32. The number of hydrogen-bond donors (Lipinski definition) is 1. The van der Waals surface area contributed by atoms with Crippen LogP contribution in [0.1, 0.15) is 30.9 Å². The Morgan fingerprint density at radius 2 is 1.92 bits per heavy atom. The summed E-state index contributed by atoms with van der Waals surface area (Å²) in [5, 5.41) is 3.55. The predicted molar refractivity (Wildman–Crippen MR) is 105 cm³/mol. The molecular formula is C20H32N4O2. The third kappa shape index (κ3) is 4.23. The predicted octanol–water partition coefficient (Wildman–Crippen LogP) is 2.12. The van der Waals surface area contributed by atoms with Crippen molar-refractivity contribution in [3.63, 3.8) is 0 Å². The number of fused-ring (bicyclic) bond motifs is 1. The van der Waals surface area contributed by atoms with Gasteiger partial charge < -0.3 is 19.7 Å². The van der Waals surface area contributed by atoms with Crippen molar-refractivity contribution in [2.75, 3.05) is 47.4 Å². The molecule has 144 valence electrons. The van der Waals surface area contributed by atoms with Gasteiger partial charge in [-0.25, -0.2) is 0 Å². The van der Waals surface area contributed by atoms with Gasteiger partial charge in [0, 0.05) is 39.3 Å². The number of methoxy groups -OCH3 is 2. The second kappa shape index (κ2) is 8.62. The lowest BCUT2D eigenvalue weighted by molar-refractivity contribution is 0.279. The molecule has 1 heterocycles. The third-order valence-electron chi connectivity index (χ3n) is 5.38. The van der Waals surface area contributed by atoms with Crippen molar-refractivity contribution in [2.24, 2.45) is 4.99 Å². The Balaban J connectivity index is 1.60. The zero-order chi connectivity index (χ0) is 18.5. The summed E-state index contributed by atoms with van der Waals surface area (Å²) in [7, 11) is 5.24. The highest BCUT2D eigenvalue weighted by atomic mass is 16.5. The van der Waals surface area contributed by atoms with Gasteiger partial charge in [0.05, 0.1) is 14.2 Å². The first-order valence-electron chi connectivity index (χ1n) is 9.63. The van der Waals surface area contributed by atoms with Crippen molar-refractivity contribution in [1.82, 2.24) is 15.1 Å². The van der Waals surface area contributed by atoms with Gasteiger partial charge in [-0.15, -0.1) is 0 Å². The van der Waals surface area contributed by atoms with E-state index >= 15 is 0 Å². The van der Waals surface area contributed by atoms with Gasteiger partial charge in [0.2, 0.25) is 0 Å². The molecule has 0 radical (unpaired) electrons. The van der Waals surface area contributed by atoms with Crippen LogP contribution in [0.5, 0.6) is 11.5 Å².